The van der Waals surface area contributed by atoms with Crippen LogP contribution in [-0.4, -0.2) is 26.9 Å². The zero-order valence-corrected chi connectivity index (χ0v) is 19.6. The highest BCUT2D eigenvalue weighted by Crippen LogP contribution is 2.32. The molecule has 0 aliphatic heterocycles. The monoisotopic (exact) mass is 450 g/mol. The lowest BCUT2D eigenvalue weighted by molar-refractivity contribution is 0.415. The van der Waals surface area contributed by atoms with E-state index in [-0.39, 0.29) is 0 Å². The number of rotatable bonds is 9. The lowest BCUT2D eigenvalue weighted by Gasteiger charge is -2.12. The third-order valence-corrected chi connectivity index (χ3v) is 7.14. The molecule has 31 heavy (non-hydrogen) atoms. The molecule has 2 aromatic carbocycles. The van der Waals surface area contributed by atoms with E-state index in [9.17, 15) is 0 Å². The summed E-state index contributed by atoms with van der Waals surface area (Å²) in [7, 11) is 1.69. The number of thiazole rings is 1. The van der Waals surface area contributed by atoms with Gasteiger partial charge in [-0.3, -0.25) is 0 Å². The second-order valence-electron chi connectivity index (χ2n) is 7.51. The molecule has 0 atom stereocenters. The summed E-state index contributed by atoms with van der Waals surface area (Å²) in [6, 6.07) is 18.5. The quantitative estimate of drug-likeness (QED) is 0.290. The first-order valence-electron chi connectivity index (χ1n) is 10.3. The number of hydrogen-bond acceptors (Lipinski definition) is 6. The Hall–Kier alpha value is -2.64. The number of benzene rings is 2. The smallest absolute Gasteiger partial charge is 0.191 e. The number of hydrogen-bond donors (Lipinski definition) is 0. The van der Waals surface area contributed by atoms with E-state index >= 15 is 0 Å². The third kappa shape index (κ3) is 5.17. The van der Waals surface area contributed by atoms with Crippen molar-refractivity contribution in [2.24, 2.45) is 0 Å². The molecule has 0 spiro atoms. The molecule has 0 saturated carbocycles. The normalized spacial score (nSPS) is 11.2. The summed E-state index contributed by atoms with van der Waals surface area (Å²) in [5.74, 6) is 2.86. The summed E-state index contributed by atoms with van der Waals surface area (Å²) >= 11 is 3.41. The van der Waals surface area contributed by atoms with Crippen molar-refractivity contribution in [3.8, 4) is 17.1 Å². The van der Waals surface area contributed by atoms with Gasteiger partial charge in [-0.2, -0.15) is 0 Å². The predicted octanol–water partition coefficient (Wildman–Crippen LogP) is 6.07. The maximum Gasteiger partial charge on any atom is 0.191 e. The molecule has 5 nitrogen and oxygen atoms in total. The third-order valence-electron chi connectivity index (χ3n) is 4.94. The van der Waals surface area contributed by atoms with Crippen molar-refractivity contribution >= 4 is 23.1 Å². The van der Waals surface area contributed by atoms with E-state index < -0.39 is 0 Å². The number of aromatic nitrogens is 4. The molecule has 0 aliphatic carbocycles. The van der Waals surface area contributed by atoms with Gasteiger partial charge >= 0.3 is 0 Å². The average Bonchev–Trinajstić information content (AvgIpc) is 3.44. The molecule has 2 heterocycles. The van der Waals surface area contributed by atoms with E-state index in [4.69, 9.17) is 9.72 Å². The van der Waals surface area contributed by atoms with Gasteiger partial charge in [-0.25, -0.2) is 4.98 Å². The number of ether oxygens (including phenoxy) is 1. The molecule has 0 N–H and O–H groups in total. The van der Waals surface area contributed by atoms with Gasteiger partial charge in [-0.15, -0.1) is 21.5 Å². The van der Waals surface area contributed by atoms with Gasteiger partial charge in [-0.1, -0.05) is 68.1 Å². The zero-order chi connectivity index (χ0) is 21.6. The number of nitrogens with zero attached hydrogens (tertiary/aromatic N) is 4. The zero-order valence-electron chi connectivity index (χ0n) is 18.0. The van der Waals surface area contributed by atoms with Gasteiger partial charge in [0.2, 0.25) is 0 Å². The minimum atomic E-state index is 0.454. The van der Waals surface area contributed by atoms with Crippen LogP contribution in [0.1, 0.15) is 36.0 Å². The van der Waals surface area contributed by atoms with Crippen molar-refractivity contribution in [3.63, 3.8) is 0 Å². The molecule has 4 aromatic rings. The predicted molar refractivity (Wildman–Crippen MR) is 128 cm³/mol. The molecule has 0 saturated heterocycles. The fraction of sp³-hybridized carbons (Fsp3) is 0.292. The largest absolute Gasteiger partial charge is 0.496 e. The lowest BCUT2D eigenvalue weighted by atomic mass is 10.1. The molecular formula is C24H26N4OS2. The van der Waals surface area contributed by atoms with Gasteiger partial charge in [-0.05, 0) is 24.1 Å². The maximum atomic E-state index is 5.58. The van der Waals surface area contributed by atoms with Gasteiger partial charge in [0.25, 0.3) is 0 Å². The second-order valence-corrected chi connectivity index (χ2v) is 9.35. The number of thioether (sulfide) groups is 1. The Morgan fingerprint density at radius 1 is 1.03 bits per heavy atom. The molecule has 0 fully saturated rings. The first kappa shape index (κ1) is 21.6. The molecule has 0 unspecified atom stereocenters. The Morgan fingerprint density at radius 3 is 2.55 bits per heavy atom. The molecule has 0 radical (unpaired) electrons. The Labute approximate surface area is 191 Å². The summed E-state index contributed by atoms with van der Waals surface area (Å²) in [6.07, 6.45) is 0.906. The van der Waals surface area contributed by atoms with Crippen LogP contribution in [0.3, 0.4) is 0 Å². The van der Waals surface area contributed by atoms with E-state index in [0.29, 0.717) is 5.92 Å². The van der Waals surface area contributed by atoms with Crippen LogP contribution in [0.15, 0.2) is 65.1 Å². The molecule has 160 valence electrons. The van der Waals surface area contributed by atoms with Crippen LogP contribution in [0.4, 0.5) is 0 Å². The van der Waals surface area contributed by atoms with Gasteiger partial charge in [0.15, 0.2) is 11.0 Å². The first-order chi connectivity index (χ1) is 15.2. The molecular weight excluding hydrogens is 424 g/mol. The van der Waals surface area contributed by atoms with Gasteiger partial charge in [0.1, 0.15) is 5.75 Å². The molecule has 2 aromatic heterocycles. The van der Waals surface area contributed by atoms with Gasteiger partial charge in [0, 0.05) is 23.6 Å². The Balaban J connectivity index is 1.61. The fourth-order valence-corrected chi connectivity index (χ4v) is 5.10. The maximum absolute atomic E-state index is 5.58. The lowest BCUT2D eigenvalue weighted by Crippen LogP contribution is -2.06. The first-order valence-corrected chi connectivity index (χ1v) is 12.2. The average molecular weight is 451 g/mol. The van der Waals surface area contributed by atoms with Crippen LogP contribution in [-0.2, 0) is 18.7 Å². The highest BCUT2D eigenvalue weighted by molar-refractivity contribution is 7.98. The van der Waals surface area contributed by atoms with E-state index in [1.807, 2.05) is 30.3 Å². The number of para-hydroxylation sites is 1. The Bertz CT molecular complexity index is 1120. The van der Waals surface area contributed by atoms with Crippen LogP contribution in [0, 0.1) is 0 Å². The molecule has 7 heteroatoms. The summed E-state index contributed by atoms with van der Waals surface area (Å²) in [5, 5.41) is 13.3. The SMILES string of the molecule is COc1ccccc1-c1nnc(SCc2csc(C(C)C)n2)n1CCc1ccccc1. The van der Waals surface area contributed by atoms with E-state index in [1.54, 1.807) is 30.2 Å². The van der Waals surface area contributed by atoms with Crippen molar-refractivity contribution in [1.82, 2.24) is 19.7 Å². The summed E-state index contributed by atoms with van der Waals surface area (Å²) < 4.78 is 7.78. The molecule has 0 bridgehead atoms. The fourth-order valence-electron chi connectivity index (χ4n) is 3.30. The van der Waals surface area contributed by atoms with Crippen molar-refractivity contribution in [1.29, 1.82) is 0 Å². The highest BCUT2D eigenvalue weighted by Gasteiger charge is 2.18. The molecule has 0 aliphatic rings. The summed E-state index contributed by atoms with van der Waals surface area (Å²) in [5.41, 5.74) is 3.34. The van der Waals surface area contributed by atoms with Crippen LogP contribution >= 0.6 is 23.1 Å². The Kier molecular flexibility index (Phi) is 7.04. The number of aryl methyl sites for hydroxylation is 1. The highest BCUT2D eigenvalue weighted by atomic mass is 32.2. The van der Waals surface area contributed by atoms with E-state index in [2.05, 4.69) is 58.3 Å². The van der Waals surface area contributed by atoms with Crippen LogP contribution in [0.5, 0.6) is 5.75 Å². The Morgan fingerprint density at radius 2 is 1.81 bits per heavy atom. The minimum absolute atomic E-state index is 0.454. The van der Waals surface area contributed by atoms with Gasteiger partial charge in [0.05, 0.1) is 23.4 Å². The topological polar surface area (TPSA) is 52.8 Å². The van der Waals surface area contributed by atoms with Crippen LogP contribution < -0.4 is 4.74 Å². The summed E-state index contributed by atoms with van der Waals surface area (Å²) in [6.45, 7) is 5.14. The minimum Gasteiger partial charge on any atom is -0.496 e. The summed E-state index contributed by atoms with van der Waals surface area (Å²) in [4.78, 5) is 4.76. The molecule has 4 rings (SSSR count). The second kappa shape index (κ2) is 10.1. The van der Waals surface area contributed by atoms with Crippen LogP contribution in [0.25, 0.3) is 11.4 Å². The number of methoxy groups -OCH3 is 1. The van der Waals surface area contributed by atoms with E-state index in [1.165, 1.54) is 10.6 Å². The van der Waals surface area contributed by atoms with Gasteiger partial charge < -0.3 is 9.30 Å². The van der Waals surface area contributed by atoms with Crippen LogP contribution in [0.2, 0.25) is 0 Å². The van der Waals surface area contributed by atoms with Crippen molar-refractivity contribution in [2.45, 2.75) is 43.6 Å². The van der Waals surface area contributed by atoms with Crippen molar-refractivity contribution in [2.75, 3.05) is 7.11 Å². The van der Waals surface area contributed by atoms with E-state index in [0.717, 1.165) is 46.7 Å². The van der Waals surface area contributed by atoms with Crippen molar-refractivity contribution in [3.05, 3.63) is 76.2 Å². The van der Waals surface area contributed by atoms with Crippen molar-refractivity contribution < 1.29 is 4.74 Å². The standard InChI is InChI=1S/C24H26N4OS2/c1-17(2)23-25-19(15-30-23)16-31-24-27-26-22(20-11-7-8-12-21(20)29-3)28(24)14-13-18-9-5-4-6-10-18/h4-12,15,17H,13-14,16H2,1-3H3. The molecule has 0 amide bonds.